The number of aryl methyl sites for hydroxylation is 1. The maximum atomic E-state index is 12.4. The van der Waals surface area contributed by atoms with E-state index in [0.29, 0.717) is 13.2 Å². The van der Waals surface area contributed by atoms with E-state index in [1.165, 1.54) is 11.1 Å². The monoisotopic (exact) mass is 314 g/mol. The number of carbonyl (C=O) groups is 1. The number of anilines is 1. The van der Waals surface area contributed by atoms with Crippen molar-refractivity contribution in [2.45, 2.75) is 32.5 Å². The van der Waals surface area contributed by atoms with Crippen molar-refractivity contribution in [3.63, 3.8) is 0 Å². The van der Waals surface area contributed by atoms with Gasteiger partial charge >= 0.3 is 0 Å². The van der Waals surface area contributed by atoms with Crippen molar-refractivity contribution >= 4 is 11.6 Å². The van der Waals surface area contributed by atoms with Gasteiger partial charge in [0.25, 0.3) is 0 Å². The third-order valence-corrected chi connectivity index (χ3v) is 4.11. The maximum absolute atomic E-state index is 12.4. The summed E-state index contributed by atoms with van der Waals surface area (Å²) < 4.78 is 7.07. The van der Waals surface area contributed by atoms with Gasteiger partial charge in [-0.05, 0) is 18.6 Å². The van der Waals surface area contributed by atoms with Crippen molar-refractivity contribution in [2.24, 2.45) is 0 Å². The number of aromatic nitrogens is 2. The molecule has 1 amide bonds. The molecule has 0 fully saturated rings. The van der Waals surface area contributed by atoms with Crippen LogP contribution in [0.1, 0.15) is 16.8 Å². The van der Waals surface area contributed by atoms with Gasteiger partial charge in [0.15, 0.2) is 0 Å². The van der Waals surface area contributed by atoms with Crippen LogP contribution < -0.4 is 10.6 Å². The van der Waals surface area contributed by atoms with Gasteiger partial charge in [-0.3, -0.25) is 4.79 Å². The molecule has 122 valence electrons. The summed E-state index contributed by atoms with van der Waals surface area (Å²) >= 11 is 0. The summed E-state index contributed by atoms with van der Waals surface area (Å²) in [6.07, 6.45) is 4.26. The summed E-state index contributed by atoms with van der Waals surface area (Å²) in [5.74, 6) is 0.0124. The predicted octanol–water partition coefficient (Wildman–Crippen LogP) is 1.49. The van der Waals surface area contributed by atoms with Gasteiger partial charge in [-0.15, -0.1) is 0 Å². The molecule has 1 aliphatic heterocycles. The normalized spacial score (nSPS) is 16.0. The van der Waals surface area contributed by atoms with E-state index in [0.717, 1.165) is 24.3 Å². The quantitative estimate of drug-likeness (QED) is 0.848. The van der Waals surface area contributed by atoms with Crippen LogP contribution in [0.5, 0.6) is 0 Å². The Hall–Kier alpha value is -2.34. The zero-order chi connectivity index (χ0) is 16.2. The Morgan fingerprint density at radius 2 is 2.39 bits per heavy atom. The molecular weight excluding hydrogens is 292 g/mol. The molecule has 0 bridgehead atoms. The van der Waals surface area contributed by atoms with Gasteiger partial charge in [-0.1, -0.05) is 17.7 Å². The third-order valence-electron chi connectivity index (χ3n) is 4.11. The summed E-state index contributed by atoms with van der Waals surface area (Å²) in [5, 5.41) is 6.28. The maximum Gasteiger partial charge on any atom is 0.243 e. The first kappa shape index (κ1) is 15.6. The minimum absolute atomic E-state index is 0.0124. The molecule has 1 aliphatic rings. The summed E-state index contributed by atoms with van der Waals surface area (Å²) in [5.41, 5.74) is 4.45. The Morgan fingerprint density at radius 1 is 1.52 bits per heavy atom. The lowest BCUT2D eigenvalue weighted by molar-refractivity contribution is -0.121. The fraction of sp³-hybridized carbons (Fsp3) is 0.412. The van der Waals surface area contributed by atoms with Crippen LogP contribution in [-0.4, -0.2) is 35.2 Å². The zero-order valence-electron chi connectivity index (χ0n) is 13.5. The average molecular weight is 314 g/mol. The van der Waals surface area contributed by atoms with Gasteiger partial charge < -0.3 is 19.9 Å². The highest BCUT2D eigenvalue weighted by molar-refractivity contribution is 5.87. The van der Waals surface area contributed by atoms with Crippen molar-refractivity contribution in [3.8, 4) is 0 Å². The number of hydrogen-bond donors (Lipinski definition) is 2. The summed E-state index contributed by atoms with van der Waals surface area (Å²) in [4.78, 5) is 16.5. The van der Waals surface area contributed by atoms with E-state index in [9.17, 15) is 4.79 Å². The van der Waals surface area contributed by atoms with Gasteiger partial charge in [0.05, 0.1) is 25.2 Å². The minimum atomic E-state index is -0.206. The Balaban J connectivity index is 1.56. The van der Waals surface area contributed by atoms with Crippen LogP contribution in [0.25, 0.3) is 0 Å². The molecule has 0 spiro atoms. The zero-order valence-corrected chi connectivity index (χ0v) is 13.5. The predicted molar refractivity (Wildman–Crippen MR) is 88.2 cm³/mol. The molecule has 23 heavy (non-hydrogen) atoms. The lowest BCUT2D eigenvalue weighted by Crippen LogP contribution is -2.38. The van der Waals surface area contributed by atoms with E-state index >= 15 is 0 Å². The number of fused-ring (bicyclic) bond motifs is 1. The molecule has 1 aromatic heterocycles. The SMILES string of the molecule is COCCn1cncc1CNC(=O)[C@@H]1Cc2cc(C)ccc2N1. The number of carbonyl (C=O) groups excluding carboxylic acids is 1. The van der Waals surface area contributed by atoms with Crippen LogP contribution >= 0.6 is 0 Å². The Labute approximate surface area is 135 Å². The van der Waals surface area contributed by atoms with E-state index in [-0.39, 0.29) is 11.9 Å². The summed E-state index contributed by atoms with van der Waals surface area (Å²) in [6, 6.07) is 6.02. The standard InChI is InChI=1S/C17H22N4O2/c1-12-3-4-15-13(7-12)8-16(20-15)17(22)19-10-14-9-18-11-21(14)5-6-23-2/h3-4,7,9,11,16,20H,5-6,8,10H2,1-2H3,(H,19,22)/t16-/m0/s1. The molecule has 1 atom stereocenters. The average Bonchev–Trinajstić information content (AvgIpc) is 3.16. The van der Waals surface area contributed by atoms with Crippen molar-refractivity contribution in [3.05, 3.63) is 47.5 Å². The number of hydrogen-bond acceptors (Lipinski definition) is 4. The Bertz CT molecular complexity index is 696. The van der Waals surface area contributed by atoms with Gasteiger partial charge in [0, 0.05) is 32.0 Å². The van der Waals surface area contributed by atoms with E-state index < -0.39 is 0 Å². The van der Waals surface area contributed by atoms with Crippen LogP contribution in [0.3, 0.4) is 0 Å². The van der Waals surface area contributed by atoms with Crippen LogP contribution in [0.4, 0.5) is 5.69 Å². The number of nitrogens with zero attached hydrogens (tertiary/aromatic N) is 2. The van der Waals surface area contributed by atoms with Crippen molar-refractivity contribution in [2.75, 3.05) is 19.0 Å². The fourth-order valence-corrected chi connectivity index (χ4v) is 2.84. The smallest absolute Gasteiger partial charge is 0.243 e. The molecule has 2 N–H and O–H groups in total. The van der Waals surface area contributed by atoms with Gasteiger partial charge in [0.2, 0.25) is 5.91 Å². The van der Waals surface area contributed by atoms with Crippen molar-refractivity contribution in [1.82, 2.24) is 14.9 Å². The van der Waals surface area contributed by atoms with Crippen molar-refractivity contribution in [1.29, 1.82) is 0 Å². The molecular formula is C17H22N4O2. The molecule has 1 aromatic carbocycles. The summed E-state index contributed by atoms with van der Waals surface area (Å²) in [7, 11) is 1.67. The number of amides is 1. The highest BCUT2D eigenvalue weighted by Gasteiger charge is 2.26. The van der Waals surface area contributed by atoms with Crippen molar-refractivity contribution < 1.29 is 9.53 Å². The number of nitrogens with one attached hydrogen (secondary N) is 2. The topological polar surface area (TPSA) is 68.2 Å². The minimum Gasteiger partial charge on any atom is -0.383 e. The third kappa shape index (κ3) is 3.53. The number of methoxy groups -OCH3 is 1. The second kappa shape index (κ2) is 6.83. The molecule has 2 aromatic rings. The molecule has 0 aliphatic carbocycles. The first-order chi connectivity index (χ1) is 11.2. The first-order valence-corrected chi connectivity index (χ1v) is 7.79. The number of ether oxygens (including phenoxy) is 1. The fourth-order valence-electron chi connectivity index (χ4n) is 2.84. The number of imidazole rings is 1. The molecule has 6 nitrogen and oxygen atoms in total. The molecule has 0 unspecified atom stereocenters. The van der Waals surface area contributed by atoms with Crippen LogP contribution in [0.15, 0.2) is 30.7 Å². The molecule has 0 radical (unpaired) electrons. The van der Waals surface area contributed by atoms with E-state index in [1.54, 1.807) is 19.6 Å². The highest BCUT2D eigenvalue weighted by Crippen LogP contribution is 2.26. The van der Waals surface area contributed by atoms with Gasteiger partial charge in [0.1, 0.15) is 6.04 Å². The van der Waals surface area contributed by atoms with E-state index in [1.807, 2.05) is 10.6 Å². The Kier molecular flexibility index (Phi) is 4.62. The molecule has 2 heterocycles. The first-order valence-electron chi connectivity index (χ1n) is 7.79. The molecule has 6 heteroatoms. The molecule has 3 rings (SSSR count). The molecule has 0 saturated carbocycles. The number of rotatable bonds is 6. The summed E-state index contributed by atoms with van der Waals surface area (Å²) in [6.45, 7) is 3.88. The van der Waals surface area contributed by atoms with Crippen LogP contribution in [0.2, 0.25) is 0 Å². The lowest BCUT2D eigenvalue weighted by Gasteiger charge is -2.13. The number of benzene rings is 1. The Morgan fingerprint density at radius 3 is 3.22 bits per heavy atom. The van der Waals surface area contributed by atoms with Crippen LogP contribution in [0, 0.1) is 6.92 Å². The van der Waals surface area contributed by atoms with Gasteiger partial charge in [-0.2, -0.15) is 0 Å². The highest BCUT2D eigenvalue weighted by atomic mass is 16.5. The van der Waals surface area contributed by atoms with E-state index in [4.69, 9.17) is 4.74 Å². The second-order valence-electron chi connectivity index (χ2n) is 5.85. The lowest BCUT2D eigenvalue weighted by atomic mass is 10.1. The molecule has 0 saturated heterocycles. The largest absolute Gasteiger partial charge is 0.383 e. The van der Waals surface area contributed by atoms with Crippen LogP contribution in [-0.2, 0) is 29.0 Å². The van der Waals surface area contributed by atoms with Gasteiger partial charge in [-0.25, -0.2) is 4.98 Å². The van der Waals surface area contributed by atoms with E-state index in [2.05, 4.69) is 34.7 Å². The second-order valence-corrected chi connectivity index (χ2v) is 5.85.